The fourth-order valence-electron chi connectivity index (χ4n) is 0.812. The van der Waals surface area contributed by atoms with E-state index in [4.69, 9.17) is 0 Å². The van der Waals surface area contributed by atoms with Crippen molar-refractivity contribution in [2.45, 2.75) is 5.03 Å². The molecule has 0 aliphatic rings. The fraction of sp³-hybridized carbons (Fsp3) is 0.333. The molecule has 0 aliphatic heterocycles. The SMILES string of the molecule is COC(=O)CSc1cncc(C(=O)OC)n1. The highest BCUT2D eigenvalue weighted by Gasteiger charge is 2.09. The quantitative estimate of drug-likeness (QED) is 0.562. The minimum Gasteiger partial charge on any atom is -0.468 e. The van der Waals surface area contributed by atoms with E-state index in [9.17, 15) is 9.59 Å². The molecule has 1 rings (SSSR count). The van der Waals surface area contributed by atoms with Gasteiger partial charge < -0.3 is 9.47 Å². The molecule has 0 radical (unpaired) electrons. The summed E-state index contributed by atoms with van der Waals surface area (Å²) in [6, 6.07) is 0. The number of carbonyl (C=O) groups excluding carboxylic acids is 2. The van der Waals surface area contributed by atoms with E-state index in [1.807, 2.05) is 0 Å². The standard InChI is InChI=1S/C9H10N2O4S/c1-14-8(12)5-16-7-4-10-3-6(11-7)9(13)15-2/h3-4H,5H2,1-2H3. The van der Waals surface area contributed by atoms with Crippen LogP contribution in [0.3, 0.4) is 0 Å². The van der Waals surface area contributed by atoms with Crippen LogP contribution in [0.1, 0.15) is 10.5 Å². The van der Waals surface area contributed by atoms with E-state index in [0.717, 1.165) is 11.8 Å². The second-order valence-electron chi connectivity index (χ2n) is 2.60. The Kier molecular flexibility index (Phi) is 4.71. The molecule has 0 atom stereocenters. The van der Waals surface area contributed by atoms with Crippen LogP contribution < -0.4 is 0 Å². The van der Waals surface area contributed by atoms with Crippen LogP contribution in [-0.4, -0.2) is 41.9 Å². The summed E-state index contributed by atoms with van der Waals surface area (Å²) in [4.78, 5) is 29.8. The van der Waals surface area contributed by atoms with Gasteiger partial charge in [-0.2, -0.15) is 0 Å². The Morgan fingerprint density at radius 1 is 1.31 bits per heavy atom. The molecule has 0 aliphatic carbocycles. The number of rotatable bonds is 4. The molecule has 0 N–H and O–H groups in total. The zero-order valence-corrected chi connectivity index (χ0v) is 9.61. The van der Waals surface area contributed by atoms with E-state index in [1.54, 1.807) is 0 Å². The molecule has 86 valence electrons. The summed E-state index contributed by atoms with van der Waals surface area (Å²) in [6.45, 7) is 0. The van der Waals surface area contributed by atoms with Gasteiger partial charge in [0, 0.05) is 0 Å². The molecule has 0 bridgehead atoms. The summed E-state index contributed by atoms with van der Waals surface area (Å²) in [5.41, 5.74) is 0.109. The number of esters is 2. The minimum absolute atomic E-state index is 0.109. The molecule has 0 unspecified atom stereocenters. The lowest BCUT2D eigenvalue weighted by Gasteiger charge is -2.01. The van der Waals surface area contributed by atoms with Crippen molar-refractivity contribution < 1.29 is 19.1 Å². The molecule has 1 heterocycles. The first-order valence-corrected chi connectivity index (χ1v) is 5.26. The van der Waals surface area contributed by atoms with E-state index in [2.05, 4.69) is 19.4 Å². The summed E-state index contributed by atoms with van der Waals surface area (Å²) < 4.78 is 8.97. The van der Waals surface area contributed by atoms with Crippen LogP contribution in [0.25, 0.3) is 0 Å². The molecule has 1 aromatic rings. The largest absolute Gasteiger partial charge is 0.468 e. The van der Waals surface area contributed by atoms with Crippen LogP contribution in [0.4, 0.5) is 0 Å². The lowest BCUT2D eigenvalue weighted by Crippen LogP contribution is -2.07. The third-order valence-corrected chi connectivity index (χ3v) is 2.45. The van der Waals surface area contributed by atoms with Gasteiger partial charge in [0.15, 0.2) is 5.69 Å². The third-order valence-electron chi connectivity index (χ3n) is 1.57. The number of nitrogens with zero attached hydrogens (tertiary/aromatic N) is 2. The highest BCUT2D eigenvalue weighted by Crippen LogP contribution is 2.14. The number of hydrogen-bond donors (Lipinski definition) is 0. The van der Waals surface area contributed by atoms with Crippen molar-refractivity contribution in [3.8, 4) is 0 Å². The average Bonchev–Trinajstić information content (AvgIpc) is 2.35. The van der Waals surface area contributed by atoms with Crippen LogP contribution in [0.15, 0.2) is 17.4 Å². The van der Waals surface area contributed by atoms with Gasteiger partial charge in [0.1, 0.15) is 5.03 Å². The average molecular weight is 242 g/mol. The second kappa shape index (κ2) is 6.06. The Hall–Kier alpha value is -1.63. The van der Waals surface area contributed by atoms with Gasteiger partial charge in [-0.05, 0) is 0 Å². The number of thioether (sulfide) groups is 1. The molecule has 0 spiro atoms. The maximum absolute atomic E-state index is 11.1. The Labute approximate surface area is 96.4 Å². The number of hydrogen-bond acceptors (Lipinski definition) is 7. The van der Waals surface area contributed by atoms with Crippen molar-refractivity contribution in [2.24, 2.45) is 0 Å². The van der Waals surface area contributed by atoms with Gasteiger partial charge in [-0.25, -0.2) is 9.78 Å². The first-order chi connectivity index (χ1) is 7.67. The molecule has 1 aromatic heterocycles. The summed E-state index contributed by atoms with van der Waals surface area (Å²) in [7, 11) is 2.57. The zero-order valence-electron chi connectivity index (χ0n) is 8.80. The van der Waals surface area contributed by atoms with Crippen molar-refractivity contribution in [2.75, 3.05) is 20.0 Å². The van der Waals surface area contributed by atoms with Crippen molar-refractivity contribution in [3.63, 3.8) is 0 Å². The molecule has 0 amide bonds. The van der Waals surface area contributed by atoms with Gasteiger partial charge in [0.2, 0.25) is 0 Å². The van der Waals surface area contributed by atoms with E-state index < -0.39 is 5.97 Å². The molecular weight excluding hydrogens is 232 g/mol. The molecular formula is C9H10N2O4S. The number of carbonyl (C=O) groups is 2. The van der Waals surface area contributed by atoms with Gasteiger partial charge in [-0.3, -0.25) is 9.78 Å². The van der Waals surface area contributed by atoms with Gasteiger partial charge in [-0.1, -0.05) is 11.8 Å². The molecule has 16 heavy (non-hydrogen) atoms. The minimum atomic E-state index is -0.562. The Bertz CT molecular complexity index is 397. The topological polar surface area (TPSA) is 78.4 Å². The van der Waals surface area contributed by atoms with E-state index in [1.165, 1.54) is 26.6 Å². The van der Waals surface area contributed by atoms with Crippen molar-refractivity contribution in [1.82, 2.24) is 9.97 Å². The van der Waals surface area contributed by atoms with Crippen LogP contribution in [-0.2, 0) is 14.3 Å². The Morgan fingerprint density at radius 3 is 2.69 bits per heavy atom. The molecule has 0 saturated carbocycles. The normalized spacial score (nSPS) is 9.62. The lowest BCUT2D eigenvalue weighted by atomic mass is 10.5. The second-order valence-corrected chi connectivity index (χ2v) is 3.59. The smallest absolute Gasteiger partial charge is 0.358 e. The van der Waals surface area contributed by atoms with Gasteiger partial charge in [0.25, 0.3) is 0 Å². The molecule has 0 fully saturated rings. The summed E-state index contributed by atoms with van der Waals surface area (Å²) in [6.07, 6.45) is 2.76. The first kappa shape index (κ1) is 12.4. The number of ether oxygens (including phenoxy) is 2. The fourth-order valence-corrected chi connectivity index (χ4v) is 1.49. The highest BCUT2D eigenvalue weighted by molar-refractivity contribution is 7.99. The summed E-state index contributed by atoms with van der Waals surface area (Å²) >= 11 is 1.14. The maximum Gasteiger partial charge on any atom is 0.358 e. The molecule has 0 saturated heterocycles. The van der Waals surface area contributed by atoms with Crippen molar-refractivity contribution in [1.29, 1.82) is 0 Å². The molecule has 7 heteroatoms. The van der Waals surface area contributed by atoms with Crippen LogP contribution in [0.5, 0.6) is 0 Å². The van der Waals surface area contributed by atoms with Gasteiger partial charge in [0.05, 0.1) is 32.4 Å². The van der Waals surface area contributed by atoms with E-state index in [0.29, 0.717) is 5.03 Å². The Balaban J connectivity index is 2.67. The molecule has 0 aromatic carbocycles. The van der Waals surface area contributed by atoms with E-state index >= 15 is 0 Å². The Morgan fingerprint density at radius 2 is 2.06 bits per heavy atom. The van der Waals surface area contributed by atoms with Crippen LogP contribution in [0.2, 0.25) is 0 Å². The van der Waals surface area contributed by atoms with Crippen molar-refractivity contribution in [3.05, 3.63) is 18.1 Å². The van der Waals surface area contributed by atoms with Crippen LogP contribution in [0, 0.1) is 0 Å². The number of methoxy groups -OCH3 is 2. The third kappa shape index (κ3) is 3.50. The lowest BCUT2D eigenvalue weighted by molar-refractivity contribution is -0.137. The zero-order chi connectivity index (χ0) is 12.0. The maximum atomic E-state index is 11.1. The highest BCUT2D eigenvalue weighted by atomic mass is 32.2. The number of aromatic nitrogens is 2. The van der Waals surface area contributed by atoms with Crippen molar-refractivity contribution >= 4 is 23.7 Å². The summed E-state index contributed by atoms with van der Waals surface area (Å²) in [5, 5.41) is 0.466. The monoisotopic (exact) mass is 242 g/mol. The predicted octanol–water partition coefficient (Wildman–Crippen LogP) is 0.528. The molecule has 6 nitrogen and oxygen atoms in total. The summed E-state index contributed by atoms with van der Waals surface area (Å²) in [5.74, 6) is -0.807. The first-order valence-electron chi connectivity index (χ1n) is 4.27. The van der Waals surface area contributed by atoms with E-state index in [-0.39, 0.29) is 17.4 Å². The predicted molar refractivity (Wildman–Crippen MR) is 56.1 cm³/mol. The van der Waals surface area contributed by atoms with Gasteiger partial charge >= 0.3 is 11.9 Å². The van der Waals surface area contributed by atoms with Crippen LogP contribution >= 0.6 is 11.8 Å². The van der Waals surface area contributed by atoms with Gasteiger partial charge in [-0.15, -0.1) is 0 Å².